The summed E-state index contributed by atoms with van der Waals surface area (Å²) in [5, 5.41) is 38.9. The normalized spacial score (nSPS) is 23.3. The third kappa shape index (κ3) is 4.48. The molecular weight excluding hydrogens is 544 g/mol. The monoisotopic (exact) mass is 574 g/mol. The van der Waals surface area contributed by atoms with Gasteiger partial charge in [0, 0.05) is 36.6 Å². The number of nitrogens with two attached hydrogens (primary N) is 1. The summed E-state index contributed by atoms with van der Waals surface area (Å²) in [6.45, 7) is 1.10. The summed E-state index contributed by atoms with van der Waals surface area (Å²) < 4.78 is 0. The maximum Gasteiger partial charge on any atom is 0.255 e. The molecular formula is C30H30N4O8. The number of rotatable bonds is 7. The van der Waals surface area contributed by atoms with E-state index >= 15 is 0 Å². The Labute approximate surface area is 240 Å². The van der Waals surface area contributed by atoms with E-state index in [0.29, 0.717) is 35.3 Å². The van der Waals surface area contributed by atoms with Crippen LogP contribution in [-0.2, 0) is 16.0 Å². The van der Waals surface area contributed by atoms with Crippen molar-refractivity contribution in [3.63, 3.8) is 0 Å². The first kappa shape index (κ1) is 28.8. The van der Waals surface area contributed by atoms with Gasteiger partial charge in [0.15, 0.2) is 11.4 Å². The molecule has 0 aliphatic heterocycles. The number of hydrogen-bond acceptors (Lipinski definition) is 10. The number of ketones is 2. The molecule has 12 nitrogen and oxygen atoms in total. The van der Waals surface area contributed by atoms with Crippen LogP contribution in [0.2, 0.25) is 0 Å². The zero-order chi connectivity index (χ0) is 30.5. The Kier molecular flexibility index (Phi) is 7.29. The smallest absolute Gasteiger partial charge is 0.255 e. The van der Waals surface area contributed by atoms with Crippen LogP contribution in [0.25, 0.3) is 11.1 Å². The predicted octanol–water partition coefficient (Wildman–Crippen LogP) is 2.23. The number of hydrogen-bond donors (Lipinski definition) is 5. The SMILES string of the molecule is CN(C)CCNC(=O)c1cccc(-c2ccc(N=O)c3c2C[C@H]2C[C@H]4CC(O)=C(C(N)=O)C(=O)[C@@]4(O)C(O)=C2C3=O)c1. The van der Waals surface area contributed by atoms with E-state index in [-0.39, 0.29) is 42.0 Å². The fourth-order valence-corrected chi connectivity index (χ4v) is 6.29. The summed E-state index contributed by atoms with van der Waals surface area (Å²) in [4.78, 5) is 65.4. The number of aliphatic hydroxyl groups is 3. The number of benzene rings is 2. The van der Waals surface area contributed by atoms with Crippen LogP contribution in [0, 0.1) is 16.7 Å². The van der Waals surface area contributed by atoms with Crippen molar-refractivity contribution < 1.29 is 34.5 Å². The van der Waals surface area contributed by atoms with E-state index in [1.165, 1.54) is 6.07 Å². The Balaban J connectivity index is 1.59. The molecule has 0 saturated carbocycles. The largest absolute Gasteiger partial charge is 0.511 e. The molecule has 2 aromatic rings. The van der Waals surface area contributed by atoms with Crippen LogP contribution in [0.3, 0.4) is 0 Å². The third-order valence-corrected chi connectivity index (χ3v) is 8.32. The van der Waals surface area contributed by atoms with Gasteiger partial charge in [-0.05, 0) is 72.9 Å². The highest BCUT2D eigenvalue weighted by Crippen LogP contribution is 2.52. The summed E-state index contributed by atoms with van der Waals surface area (Å²) in [7, 11) is 3.79. The summed E-state index contributed by atoms with van der Waals surface area (Å²) in [6, 6.07) is 9.80. The number of carbonyl (C=O) groups excluding carboxylic acids is 4. The van der Waals surface area contributed by atoms with Crippen molar-refractivity contribution in [3.05, 3.63) is 80.7 Å². The van der Waals surface area contributed by atoms with Gasteiger partial charge in [-0.1, -0.05) is 18.2 Å². The topological polar surface area (TPSA) is 200 Å². The minimum atomic E-state index is -2.64. The maximum atomic E-state index is 13.9. The highest BCUT2D eigenvalue weighted by atomic mass is 16.3. The number of likely N-dealkylation sites (N-methyl/N-ethyl adjacent to an activating group) is 1. The lowest BCUT2D eigenvalue weighted by Gasteiger charge is -2.45. The van der Waals surface area contributed by atoms with Gasteiger partial charge in [-0.15, -0.1) is 4.91 Å². The zero-order valence-electron chi connectivity index (χ0n) is 23.0. The molecule has 2 amide bonds. The van der Waals surface area contributed by atoms with Gasteiger partial charge in [0.1, 0.15) is 22.8 Å². The average Bonchev–Trinajstić information content (AvgIpc) is 2.94. The Morgan fingerprint density at radius 2 is 1.88 bits per heavy atom. The fourth-order valence-electron chi connectivity index (χ4n) is 6.29. The molecule has 3 aliphatic carbocycles. The quantitative estimate of drug-likeness (QED) is 0.243. The van der Waals surface area contributed by atoms with Gasteiger partial charge in [0.2, 0.25) is 5.78 Å². The van der Waals surface area contributed by atoms with Crippen molar-refractivity contribution in [2.45, 2.75) is 24.9 Å². The maximum absolute atomic E-state index is 13.9. The number of allylic oxidation sites excluding steroid dienone is 2. The first-order chi connectivity index (χ1) is 19.9. The first-order valence-corrected chi connectivity index (χ1v) is 13.4. The summed E-state index contributed by atoms with van der Waals surface area (Å²) in [5.41, 5.74) is 3.30. The van der Waals surface area contributed by atoms with E-state index < -0.39 is 52.0 Å². The van der Waals surface area contributed by atoms with Gasteiger partial charge in [0.05, 0.1) is 5.56 Å². The molecule has 2 aromatic carbocycles. The second kappa shape index (κ2) is 10.6. The standard InChI is InChI=1S/C30H30N4O8/c1-34(2)9-8-32-29(40)15-5-3-4-14(10-15)18-6-7-20(33-42)23-19(18)12-16-11-17-13-21(35)24(28(31)39)27(38)30(17,41)26(37)22(16)25(23)36/h3-7,10,16-17,35,37,41H,8-9,11-13H2,1-2H3,(H2,31,39)(H,32,40)/t16-,17+,30+/m1/s1. The minimum absolute atomic E-state index is 0.00935. The molecule has 12 heteroatoms. The first-order valence-electron chi connectivity index (χ1n) is 13.4. The third-order valence-electron chi connectivity index (χ3n) is 8.32. The van der Waals surface area contributed by atoms with Crippen molar-refractivity contribution in [1.82, 2.24) is 10.2 Å². The van der Waals surface area contributed by atoms with Crippen molar-refractivity contribution in [1.29, 1.82) is 0 Å². The van der Waals surface area contributed by atoms with Gasteiger partial charge in [-0.25, -0.2) is 0 Å². The number of nitrogens with one attached hydrogen (secondary N) is 1. The van der Waals surface area contributed by atoms with E-state index in [4.69, 9.17) is 5.73 Å². The van der Waals surface area contributed by atoms with Crippen LogP contribution in [0.1, 0.15) is 39.1 Å². The number of fused-ring (bicyclic) bond motifs is 3. The van der Waals surface area contributed by atoms with E-state index in [1.807, 2.05) is 19.0 Å². The van der Waals surface area contributed by atoms with Crippen LogP contribution in [0.5, 0.6) is 0 Å². The molecule has 0 unspecified atom stereocenters. The van der Waals surface area contributed by atoms with Crippen molar-refractivity contribution in [2.24, 2.45) is 22.7 Å². The molecule has 0 aromatic heterocycles. The second-order valence-corrected chi connectivity index (χ2v) is 11.1. The lowest BCUT2D eigenvalue weighted by atomic mass is 9.60. The van der Waals surface area contributed by atoms with Gasteiger partial charge >= 0.3 is 0 Å². The van der Waals surface area contributed by atoms with E-state index in [9.17, 15) is 39.4 Å². The Morgan fingerprint density at radius 3 is 2.55 bits per heavy atom. The molecule has 0 heterocycles. The van der Waals surface area contributed by atoms with E-state index in [0.717, 1.165) is 0 Å². The van der Waals surface area contributed by atoms with Gasteiger partial charge in [0.25, 0.3) is 11.8 Å². The van der Waals surface area contributed by atoms with Crippen LogP contribution in [0.4, 0.5) is 5.69 Å². The van der Waals surface area contributed by atoms with Crippen molar-refractivity contribution in [3.8, 4) is 11.1 Å². The second-order valence-electron chi connectivity index (χ2n) is 11.1. The van der Waals surface area contributed by atoms with Crippen LogP contribution in [-0.4, -0.2) is 76.4 Å². The molecule has 6 N–H and O–H groups in total. The molecule has 0 spiro atoms. The molecule has 0 radical (unpaired) electrons. The molecule has 218 valence electrons. The zero-order valence-corrected chi connectivity index (χ0v) is 23.0. The number of carbonyl (C=O) groups is 4. The highest BCUT2D eigenvalue weighted by molar-refractivity contribution is 6.24. The Hall–Kier alpha value is -4.68. The summed E-state index contributed by atoms with van der Waals surface area (Å²) >= 11 is 0. The lowest BCUT2D eigenvalue weighted by Crippen LogP contribution is -2.57. The number of aliphatic hydroxyl groups excluding tert-OH is 2. The minimum Gasteiger partial charge on any atom is -0.511 e. The molecule has 0 bridgehead atoms. The van der Waals surface area contributed by atoms with Crippen molar-refractivity contribution in [2.75, 3.05) is 27.2 Å². The van der Waals surface area contributed by atoms with Crippen molar-refractivity contribution >= 4 is 29.1 Å². The van der Waals surface area contributed by atoms with Crippen LogP contribution >= 0.6 is 0 Å². The molecule has 0 fully saturated rings. The van der Waals surface area contributed by atoms with Gasteiger partial charge in [-0.3, -0.25) is 19.2 Å². The van der Waals surface area contributed by atoms with Crippen LogP contribution < -0.4 is 11.1 Å². The summed E-state index contributed by atoms with van der Waals surface area (Å²) in [5.74, 6) is -6.85. The molecule has 42 heavy (non-hydrogen) atoms. The van der Waals surface area contributed by atoms with E-state index in [2.05, 4.69) is 10.5 Å². The predicted molar refractivity (Wildman–Crippen MR) is 151 cm³/mol. The Morgan fingerprint density at radius 1 is 1.14 bits per heavy atom. The van der Waals surface area contributed by atoms with E-state index in [1.54, 1.807) is 30.3 Å². The van der Waals surface area contributed by atoms with Crippen LogP contribution in [0.15, 0.2) is 64.2 Å². The average molecular weight is 575 g/mol. The molecule has 3 aliphatic rings. The fraction of sp³-hybridized carbons (Fsp3) is 0.333. The highest BCUT2D eigenvalue weighted by Gasteiger charge is 2.59. The molecule has 0 saturated heterocycles. The number of Topliss-reactive ketones (excluding diaryl/α,β-unsaturated/α-hetero) is 2. The number of nitroso groups, excluding NO2 is 1. The molecule has 3 atom stereocenters. The Bertz CT molecular complexity index is 1620. The van der Waals surface area contributed by atoms with Gasteiger partial charge in [-0.2, -0.15) is 0 Å². The number of amides is 2. The number of primary amides is 1. The number of nitrogens with zero attached hydrogens (tertiary/aromatic N) is 2. The lowest BCUT2D eigenvalue weighted by molar-refractivity contribution is -0.144. The molecule has 5 rings (SSSR count). The summed E-state index contributed by atoms with van der Waals surface area (Å²) in [6.07, 6.45) is -0.176. The van der Waals surface area contributed by atoms with Gasteiger partial charge < -0.3 is 31.3 Å².